The molecule has 1 N–H and O–H groups in total. The summed E-state index contributed by atoms with van der Waals surface area (Å²) in [6.07, 6.45) is 2.11. The lowest BCUT2D eigenvalue weighted by Crippen LogP contribution is -2.23. The van der Waals surface area contributed by atoms with Gasteiger partial charge in [-0.3, -0.25) is 4.79 Å². The van der Waals surface area contributed by atoms with Crippen LogP contribution in [0.1, 0.15) is 96.9 Å². The monoisotopic (exact) mass is 432 g/mol. The molecule has 0 radical (unpaired) electrons. The molecule has 1 fully saturated rings. The third-order valence-corrected chi connectivity index (χ3v) is 7.34. The Morgan fingerprint density at radius 2 is 1.25 bits per heavy atom. The van der Waals surface area contributed by atoms with Gasteiger partial charge in [0.2, 0.25) is 0 Å². The molecule has 3 rings (SSSR count). The molecule has 1 atom stereocenters. The molecule has 1 saturated carbocycles. The van der Waals surface area contributed by atoms with Crippen LogP contribution in [0.5, 0.6) is 0 Å². The quantitative estimate of drug-likeness (QED) is 0.531. The average molecular weight is 433 g/mol. The molecule has 2 aromatic rings. The first-order valence-corrected chi connectivity index (χ1v) is 11.9. The van der Waals surface area contributed by atoms with Gasteiger partial charge in [-0.25, -0.2) is 0 Å². The Balaban J connectivity index is 2.16. The van der Waals surface area contributed by atoms with Crippen molar-refractivity contribution in [2.24, 2.45) is 11.3 Å². The summed E-state index contributed by atoms with van der Waals surface area (Å²) in [5.74, 6) is -0.539. The number of hydrogen-bond donors (Lipinski definition) is 1. The third-order valence-electron chi connectivity index (χ3n) is 7.34. The van der Waals surface area contributed by atoms with Crippen LogP contribution in [0.2, 0.25) is 0 Å². The Kier molecular flexibility index (Phi) is 6.48. The first kappa shape index (κ1) is 24.3. The number of hydrogen-bond acceptors (Lipinski definition) is 1. The number of aliphatic carboxylic acids is 1. The van der Waals surface area contributed by atoms with Gasteiger partial charge in [-0.2, -0.15) is 0 Å². The summed E-state index contributed by atoms with van der Waals surface area (Å²) >= 11 is 0. The normalized spacial score (nSPS) is 18.6. The molecule has 0 heterocycles. The summed E-state index contributed by atoms with van der Waals surface area (Å²) in [5, 5.41) is 9.46. The van der Waals surface area contributed by atoms with E-state index in [-0.39, 0.29) is 28.6 Å². The Labute approximate surface area is 194 Å². The molecule has 172 valence electrons. The van der Waals surface area contributed by atoms with E-state index in [1.54, 1.807) is 0 Å². The zero-order valence-corrected chi connectivity index (χ0v) is 21.2. The lowest BCUT2D eigenvalue weighted by molar-refractivity contribution is -0.138. The molecule has 1 aliphatic rings. The fourth-order valence-corrected chi connectivity index (χ4v) is 5.05. The van der Waals surface area contributed by atoms with Crippen molar-refractivity contribution in [1.82, 2.24) is 0 Å². The van der Waals surface area contributed by atoms with E-state index in [2.05, 4.69) is 104 Å². The second kappa shape index (κ2) is 8.54. The molecule has 0 amide bonds. The Bertz CT molecular complexity index is 931. The highest BCUT2D eigenvalue weighted by Gasteiger charge is 2.41. The van der Waals surface area contributed by atoms with Crippen LogP contribution < -0.4 is 0 Å². The largest absolute Gasteiger partial charge is 0.481 e. The van der Waals surface area contributed by atoms with Crippen molar-refractivity contribution >= 4 is 11.5 Å². The predicted molar refractivity (Wildman–Crippen MR) is 135 cm³/mol. The maximum absolute atomic E-state index is 11.5. The molecule has 2 nitrogen and oxygen atoms in total. The van der Waals surface area contributed by atoms with Gasteiger partial charge in [0.05, 0.1) is 0 Å². The van der Waals surface area contributed by atoms with Crippen LogP contribution in [-0.4, -0.2) is 11.1 Å². The molecule has 0 aromatic heterocycles. The Morgan fingerprint density at radius 1 is 0.844 bits per heavy atom. The van der Waals surface area contributed by atoms with Crippen LogP contribution in [-0.2, 0) is 15.6 Å². The lowest BCUT2D eigenvalue weighted by atomic mass is 9.73. The first-order valence-electron chi connectivity index (χ1n) is 11.9. The van der Waals surface area contributed by atoms with E-state index in [1.807, 2.05) is 0 Å². The number of carboxylic acid groups (broad SMARTS) is 1. The molecule has 0 aliphatic heterocycles. The predicted octanol–water partition coefficient (Wildman–Crippen LogP) is 7.99. The molecule has 2 aromatic carbocycles. The Hall–Kier alpha value is -2.35. The summed E-state index contributed by atoms with van der Waals surface area (Å²) in [6, 6.07) is 18.0. The highest BCUT2D eigenvalue weighted by atomic mass is 16.4. The van der Waals surface area contributed by atoms with E-state index in [0.717, 1.165) is 12.8 Å². The van der Waals surface area contributed by atoms with Gasteiger partial charge in [0.25, 0.3) is 0 Å². The molecule has 0 spiro atoms. The standard InChI is InChI=1S/C30H40O2/c1-28(2,3)22-13-9-20(10-14-22)27(21-11-15-23(16-12-21)29(4,5)6)25-18-17-24(19-26(31)32)30(25,7)8/h9-16,24H,17-19H2,1-8H3,(H,31,32)/t24-/m1/s1. The molecule has 0 bridgehead atoms. The molecule has 2 heteroatoms. The van der Waals surface area contributed by atoms with E-state index < -0.39 is 5.97 Å². The van der Waals surface area contributed by atoms with Gasteiger partial charge < -0.3 is 5.11 Å². The maximum atomic E-state index is 11.5. The number of benzene rings is 2. The number of rotatable bonds is 4. The van der Waals surface area contributed by atoms with Gasteiger partial charge in [-0.05, 0) is 62.8 Å². The summed E-state index contributed by atoms with van der Waals surface area (Å²) < 4.78 is 0. The van der Waals surface area contributed by atoms with Crippen LogP contribution >= 0.6 is 0 Å². The van der Waals surface area contributed by atoms with Crippen LogP contribution in [0.15, 0.2) is 54.1 Å². The van der Waals surface area contributed by atoms with Crippen LogP contribution in [0.3, 0.4) is 0 Å². The second-order valence-corrected chi connectivity index (χ2v) is 12.1. The van der Waals surface area contributed by atoms with Gasteiger partial charge in [0.1, 0.15) is 0 Å². The summed E-state index contributed by atoms with van der Waals surface area (Å²) in [6.45, 7) is 17.9. The fraction of sp³-hybridized carbons (Fsp3) is 0.500. The number of allylic oxidation sites excluding steroid dienone is 1. The van der Waals surface area contributed by atoms with Crippen molar-refractivity contribution in [2.75, 3.05) is 0 Å². The smallest absolute Gasteiger partial charge is 0.303 e. The van der Waals surface area contributed by atoms with Crippen LogP contribution in [0, 0.1) is 11.3 Å². The molecule has 0 unspecified atom stereocenters. The highest BCUT2D eigenvalue weighted by molar-refractivity contribution is 5.83. The maximum Gasteiger partial charge on any atom is 0.303 e. The van der Waals surface area contributed by atoms with Gasteiger partial charge in [-0.1, -0.05) is 109 Å². The number of carbonyl (C=O) groups is 1. The minimum Gasteiger partial charge on any atom is -0.481 e. The van der Waals surface area contributed by atoms with E-state index in [4.69, 9.17) is 0 Å². The van der Waals surface area contributed by atoms with Gasteiger partial charge in [0, 0.05) is 6.42 Å². The van der Waals surface area contributed by atoms with Gasteiger partial charge in [0.15, 0.2) is 0 Å². The third kappa shape index (κ3) is 5.00. The van der Waals surface area contributed by atoms with Crippen LogP contribution in [0.4, 0.5) is 0 Å². The van der Waals surface area contributed by atoms with Gasteiger partial charge >= 0.3 is 5.97 Å². The topological polar surface area (TPSA) is 37.3 Å². The lowest BCUT2D eigenvalue weighted by Gasteiger charge is -2.30. The molecular formula is C30H40O2. The SMILES string of the molecule is CC(C)(C)c1ccc(C(=C2CC[C@H](CC(=O)O)C2(C)C)c2ccc(C(C)(C)C)cc2)cc1. The second-order valence-electron chi connectivity index (χ2n) is 12.1. The summed E-state index contributed by atoms with van der Waals surface area (Å²) in [5.41, 5.74) is 7.82. The molecular weight excluding hydrogens is 392 g/mol. The molecule has 0 saturated heterocycles. The molecule has 32 heavy (non-hydrogen) atoms. The molecule has 1 aliphatic carbocycles. The van der Waals surface area contributed by atoms with Crippen molar-refractivity contribution in [2.45, 2.75) is 85.5 Å². The van der Waals surface area contributed by atoms with E-state index in [9.17, 15) is 9.90 Å². The van der Waals surface area contributed by atoms with E-state index >= 15 is 0 Å². The zero-order chi connectivity index (χ0) is 23.9. The number of carboxylic acids is 1. The summed E-state index contributed by atoms with van der Waals surface area (Å²) in [7, 11) is 0. The highest BCUT2D eigenvalue weighted by Crippen LogP contribution is 2.52. The minimum atomic E-state index is -0.699. The van der Waals surface area contributed by atoms with E-state index in [0.29, 0.717) is 0 Å². The fourth-order valence-electron chi connectivity index (χ4n) is 5.05. The van der Waals surface area contributed by atoms with Crippen molar-refractivity contribution in [1.29, 1.82) is 0 Å². The summed E-state index contributed by atoms with van der Waals surface area (Å²) in [4.78, 5) is 11.5. The van der Waals surface area contributed by atoms with Crippen LogP contribution in [0.25, 0.3) is 5.57 Å². The minimum absolute atomic E-state index is 0.111. The average Bonchev–Trinajstić information content (AvgIpc) is 2.95. The van der Waals surface area contributed by atoms with Crippen molar-refractivity contribution < 1.29 is 9.90 Å². The Morgan fingerprint density at radius 3 is 1.59 bits per heavy atom. The van der Waals surface area contributed by atoms with Gasteiger partial charge in [-0.15, -0.1) is 0 Å². The van der Waals surface area contributed by atoms with E-state index in [1.165, 1.54) is 33.4 Å². The van der Waals surface area contributed by atoms with Crippen molar-refractivity contribution in [3.8, 4) is 0 Å². The van der Waals surface area contributed by atoms with Crippen molar-refractivity contribution in [3.63, 3.8) is 0 Å². The zero-order valence-electron chi connectivity index (χ0n) is 21.2. The first-order chi connectivity index (χ1) is 14.7. The van der Waals surface area contributed by atoms with Crippen molar-refractivity contribution in [3.05, 3.63) is 76.4 Å².